The van der Waals surface area contributed by atoms with E-state index in [4.69, 9.17) is 15.2 Å². The second-order valence-electron chi connectivity index (χ2n) is 5.99. The molecule has 1 saturated carbocycles. The predicted molar refractivity (Wildman–Crippen MR) is 85.9 cm³/mol. The van der Waals surface area contributed by atoms with E-state index in [0.717, 1.165) is 28.8 Å². The van der Waals surface area contributed by atoms with Crippen molar-refractivity contribution in [3.63, 3.8) is 0 Å². The van der Waals surface area contributed by atoms with Gasteiger partial charge in [-0.25, -0.2) is 0 Å². The highest BCUT2D eigenvalue weighted by molar-refractivity contribution is 9.10. The van der Waals surface area contributed by atoms with Crippen molar-refractivity contribution in [2.24, 2.45) is 5.73 Å². The molecule has 0 bridgehead atoms. The maximum atomic E-state index is 6.23. The Morgan fingerprint density at radius 1 is 1.15 bits per heavy atom. The zero-order valence-corrected chi connectivity index (χ0v) is 14.5. The maximum Gasteiger partial charge on any atom is 0.140 e. The van der Waals surface area contributed by atoms with Crippen LogP contribution < -0.4 is 15.2 Å². The number of ether oxygens (including phenoxy) is 2. The summed E-state index contributed by atoms with van der Waals surface area (Å²) in [4.78, 5) is 0. The van der Waals surface area contributed by atoms with Crippen molar-refractivity contribution >= 4 is 15.9 Å². The summed E-state index contributed by atoms with van der Waals surface area (Å²) in [6.07, 6.45) is 2.24. The van der Waals surface area contributed by atoms with Crippen molar-refractivity contribution in [2.75, 3.05) is 14.2 Å². The molecule has 0 saturated heterocycles. The summed E-state index contributed by atoms with van der Waals surface area (Å²) in [5.74, 6) is 2.11. The van der Waals surface area contributed by atoms with Crippen molar-refractivity contribution in [2.45, 2.75) is 51.0 Å². The Morgan fingerprint density at radius 2 is 1.70 bits per heavy atom. The fourth-order valence-electron chi connectivity index (χ4n) is 2.95. The number of hydrogen-bond acceptors (Lipinski definition) is 3. The van der Waals surface area contributed by atoms with Crippen LogP contribution in [0.5, 0.6) is 11.5 Å². The third-order valence-electron chi connectivity index (χ3n) is 4.43. The second kappa shape index (κ2) is 5.57. The summed E-state index contributed by atoms with van der Waals surface area (Å²) >= 11 is 3.65. The lowest BCUT2D eigenvalue weighted by Gasteiger charge is -2.26. The van der Waals surface area contributed by atoms with Crippen LogP contribution in [0.4, 0.5) is 0 Å². The average molecular weight is 342 g/mol. The molecular weight excluding hydrogens is 318 g/mol. The molecule has 1 aliphatic carbocycles. The van der Waals surface area contributed by atoms with E-state index < -0.39 is 0 Å². The van der Waals surface area contributed by atoms with Crippen molar-refractivity contribution in [1.82, 2.24) is 0 Å². The van der Waals surface area contributed by atoms with Crippen LogP contribution >= 0.6 is 15.9 Å². The van der Waals surface area contributed by atoms with E-state index in [1.807, 2.05) is 0 Å². The van der Waals surface area contributed by atoms with Crippen LogP contribution in [0.3, 0.4) is 0 Å². The van der Waals surface area contributed by atoms with Gasteiger partial charge in [-0.1, -0.05) is 13.8 Å². The molecule has 20 heavy (non-hydrogen) atoms. The summed E-state index contributed by atoms with van der Waals surface area (Å²) < 4.78 is 12.1. The molecule has 2 N–H and O–H groups in total. The van der Waals surface area contributed by atoms with Crippen LogP contribution in [-0.2, 0) is 5.41 Å². The highest BCUT2D eigenvalue weighted by Crippen LogP contribution is 2.56. The molecule has 0 aliphatic heterocycles. The molecule has 1 atom stereocenters. The first kappa shape index (κ1) is 15.6. The maximum absolute atomic E-state index is 6.23. The standard InChI is InChI=1S/C16H24BrNO2/c1-9(2)11-8-12(16(6-7-16)10(3)18)15(20-5)13(17)14(11)19-4/h8-10H,6-7,18H2,1-5H3. The number of methoxy groups -OCH3 is 2. The molecule has 0 radical (unpaired) electrons. The van der Waals surface area contributed by atoms with Crippen LogP contribution in [0.15, 0.2) is 10.5 Å². The van der Waals surface area contributed by atoms with E-state index >= 15 is 0 Å². The Balaban J connectivity index is 2.68. The minimum atomic E-state index is 0.0593. The molecule has 1 fully saturated rings. The molecule has 0 aromatic heterocycles. The fraction of sp³-hybridized carbons (Fsp3) is 0.625. The van der Waals surface area contributed by atoms with Gasteiger partial charge in [-0.15, -0.1) is 0 Å². The first-order chi connectivity index (χ1) is 9.39. The molecule has 0 spiro atoms. The Morgan fingerprint density at radius 3 is 2.05 bits per heavy atom. The molecule has 0 amide bonds. The van der Waals surface area contributed by atoms with E-state index in [9.17, 15) is 0 Å². The first-order valence-electron chi connectivity index (χ1n) is 7.09. The minimum Gasteiger partial charge on any atom is -0.495 e. The third-order valence-corrected chi connectivity index (χ3v) is 5.15. The lowest BCUT2D eigenvalue weighted by atomic mass is 9.85. The van der Waals surface area contributed by atoms with Gasteiger partial charge in [-0.2, -0.15) is 0 Å². The van der Waals surface area contributed by atoms with Gasteiger partial charge in [-0.3, -0.25) is 0 Å². The smallest absolute Gasteiger partial charge is 0.140 e. The van der Waals surface area contributed by atoms with Gasteiger partial charge >= 0.3 is 0 Å². The van der Waals surface area contributed by atoms with Gasteiger partial charge in [0, 0.05) is 17.0 Å². The predicted octanol–water partition coefficient (Wildman–Crippen LogP) is 3.97. The molecule has 0 heterocycles. The highest BCUT2D eigenvalue weighted by Gasteiger charge is 2.50. The van der Waals surface area contributed by atoms with E-state index in [0.29, 0.717) is 5.92 Å². The molecule has 2 rings (SSSR count). The number of nitrogens with two attached hydrogens (primary N) is 1. The van der Waals surface area contributed by atoms with Crippen LogP contribution in [0.25, 0.3) is 0 Å². The number of halogens is 1. The molecule has 4 heteroatoms. The van der Waals surface area contributed by atoms with Gasteiger partial charge in [0.05, 0.1) is 14.2 Å². The van der Waals surface area contributed by atoms with E-state index in [1.54, 1.807) is 14.2 Å². The molecular formula is C16H24BrNO2. The van der Waals surface area contributed by atoms with Crippen molar-refractivity contribution in [3.05, 3.63) is 21.7 Å². The monoisotopic (exact) mass is 341 g/mol. The Bertz CT molecular complexity index is 508. The summed E-state index contributed by atoms with van der Waals surface area (Å²) in [6.45, 7) is 6.43. The summed E-state index contributed by atoms with van der Waals surface area (Å²) in [7, 11) is 3.40. The van der Waals surface area contributed by atoms with E-state index in [2.05, 4.69) is 42.8 Å². The summed E-state index contributed by atoms with van der Waals surface area (Å²) in [5, 5.41) is 0. The van der Waals surface area contributed by atoms with Crippen LogP contribution in [0.1, 0.15) is 50.7 Å². The van der Waals surface area contributed by atoms with Crippen LogP contribution in [0.2, 0.25) is 0 Å². The van der Waals surface area contributed by atoms with Crippen LogP contribution in [0, 0.1) is 0 Å². The zero-order chi connectivity index (χ0) is 15.1. The van der Waals surface area contributed by atoms with Crippen LogP contribution in [-0.4, -0.2) is 20.3 Å². The van der Waals surface area contributed by atoms with Crippen molar-refractivity contribution in [3.8, 4) is 11.5 Å². The Hall–Kier alpha value is -0.740. The quantitative estimate of drug-likeness (QED) is 0.881. The van der Waals surface area contributed by atoms with Crippen molar-refractivity contribution in [1.29, 1.82) is 0 Å². The number of rotatable bonds is 5. The molecule has 1 aromatic rings. The lowest BCUT2D eigenvalue weighted by molar-refractivity contribution is 0.375. The topological polar surface area (TPSA) is 44.5 Å². The normalized spacial score (nSPS) is 18.0. The summed E-state index contributed by atoms with van der Waals surface area (Å²) in [6, 6.07) is 2.35. The van der Waals surface area contributed by atoms with Gasteiger partial charge in [0.2, 0.25) is 0 Å². The summed E-state index contributed by atoms with van der Waals surface area (Å²) in [5.41, 5.74) is 8.70. The first-order valence-corrected chi connectivity index (χ1v) is 7.88. The van der Waals surface area contributed by atoms with E-state index in [1.165, 1.54) is 11.1 Å². The fourth-order valence-corrected chi connectivity index (χ4v) is 3.71. The van der Waals surface area contributed by atoms with Gasteiger partial charge in [0.15, 0.2) is 0 Å². The van der Waals surface area contributed by atoms with Gasteiger partial charge in [0.1, 0.15) is 16.0 Å². The zero-order valence-electron chi connectivity index (χ0n) is 12.9. The molecule has 112 valence electrons. The minimum absolute atomic E-state index is 0.0593. The number of benzene rings is 1. The second-order valence-corrected chi connectivity index (χ2v) is 6.79. The molecule has 1 unspecified atom stereocenters. The average Bonchev–Trinajstić information content (AvgIpc) is 3.18. The lowest BCUT2D eigenvalue weighted by Crippen LogP contribution is -2.32. The van der Waals surface area contributed by atoms with Crippen molar-refractivity contribution < 1.29 is 9.47 Å². The number of hydrogen-bond donors (Lipinski definition) is 1. The van der Waals surface area contributed by atoms with E-state index in [-0.39, 0.29) is 11.5 Å². The third kappa shape index (κ3) is 2.33. The molecule has 1 aromatic carbocycles. The Labute approximate surface area is 130 Å². The molecule has 1 aliphatic rings. The molecule has 3 nitrogen and oxygen atoms in total. The SMILES string of the molecule is COc1c(C(C)C)cc(C2(C(C)N)CC2)c(OC)c1Br. The van der Waals surface area contributed by atoms with Gasteiger partial charge in [-0.05, 0) is 53.2 Å². The largest absolute Gasteiger partial charge is 0.495 e. The van der Waals surface area contributed by atoms with Gasteiger partial charge in [0.25, 0.3) is 0 Å². The highest BCUT2D eigenvalue weighted by atomic mass is 79.9. The van der Waals surface area contributed by atoms with Gasteiger partial charge < -0.3 is 15.2 Å². The Kier molecular flexibility index (Phi) is 4.35.